The molecule has 7 heteroatoms. The number of fused-ring (bicyclic) bond motifs is 1. The van der Waals surface area contributed by atoms with Gasteiger partial charge < -0.3 is 5.32 Å². The van der Waals surface area contributed by atoms with E-state index in [1.54, 1.807) is 31.1 Å². The van der Waals surface area contributed by atoms with Crippen molar-refractivity contribution in [1.29, 1.82) is 0 Å². The van der Waals surface area contributed by atoms with Crippen LogP contribution < -0.4 is 5.32 Å². The van der Waals surface area contributed by atoms with Gasteiger partial charge >= 0.3 is 0 Å². The number of hydrogen-bond donors (Lipinski definition) is 1. The van der Waals surface area contributed by atoms with Crippen molar-refractivity contribution in [2.24, 2.45) is 0 Å². The quantitative estimate of drug-likeness (QED) is 0.608. The highest BCUT2D eigenvalue weighted by molar-refractivity contribution is 5.72. The summed E-state index contributed by atoms with van der Waals surface area (Å²) >= 11 is 0. The van der Waals surface area contributed by atoms with Crippen LogP contribution in [0.2, 0.25) is 0 Å². The summed E-state index contributed by atoms with van der Waals surface area (Å²) in [6, 6.07) is 9.71. The molecule has 1 N–H and O–H groups in total. The Bertz CT molecular complexity index is 949. The summed E-state index contributed by atoms with van der Waals surface area (Å²) in [6.45, 7) is 0.750. The second-order valence-corrected chi connectivity index (χ2v) is 5.23. The molecule has 118 valence electrons. The average molecular weight is 317 g/mol. The minimum atomic E-state index is 0.590. The third-order valence-electron chi connectivity index (χ3n) is 3.65. The van der Waals surface area contributed by atoms with Crippen LogP contribution in [0.1, 0.15) is 5.56 Å². The topological polar surface area (TPSA) is 81.4 Å². The normalized spacial score (nSPS) is 10.8. The molecule has 0 aliphatic carbocycles. The van der Waals surface area contributed by atoms with E-state index in [0.717, 1.165) is 24.3 Å². The van der Waals surface area contributed by atoms with Crippen molar-refractivity contribution >= 4 is 17.1 Å². The van der Waals surface area contributed by atoms with E-state index in [9.17, 15) is 0 Å². The van der Waals surface area contributed by atoms with Gasteiger partial charge in [-0.05, 0) is 42.3 Å². The molecule has 0 aliphatic heterocycles. The molecule has 0 aliphatic rings. The molecule has 0 saturated carbocycles. The second-order valence-electron chi connectivity index (χ2n) is 5.23. The maximum Gasteiger partial charge on any atom is 0.224 e. The second kappa shape index (κ2) is 6.41. The van der Waals surface area contributed by atoms with Gasteiger partial charge in [0.05, 0.1) is 5.52 Å². The highest BCUT2D eigenvalue weighted by Crippen LogP contribution is 2.15. The molecule has 24 heavy (non-hydrogen) atoms. The molecule has 0 radical (unpaired) electrons. The first kappa shape index (κ1) is 14.3. The van der Waals surface area contributed by atoms with Crippen LogP contribution in [0.4, 0.5) is 5.95 Å². The molecule has 0 amide bonds. The molecule has 7 nitrogen and oxygen atoms in total. The zero-order valence-electron chi connectivity index (χ0n) is 12.9. The van der Waals surface area contributed by atoms with Crippen LogP contribution >= 0.6 is 0 Å². The first-order valence-corrected chi connectivity index (χ1v) is 7.64. The van der Waals surface area contributed by atoms with Crippen LogP contribution in [0.15, 0.2) is 61.4 Å². The average Bonchev–Trinajstić information content (AvgIpc) is 3.07. The highest BCUT2D eigenvalue weighted by Gasteiger charge is 2.07. The summed E-state index contributed by atoms with van der Waals surface area (Å²) < 4.78 is 1.90. The molecule has 0 unspecified atom stereocenters. The molecular weight excluding hydrogens is 302 g/mol. The highest BCUT2D eigenvalue weighted by atomic mass is 15.2. The van der Waals surface area contributed by atoms with E-state index >= 15 is 0 Å². The van der Waals surface area contributed by atoms with Gasteiger partial charge in [-0.3, -0.25) is 9.55 Å². The third kappa shape index (κ3) is 2.91. The van der Waals surface area contributed by atoms with Crippen LogP contribution in [-0.2, 0) is 6.42 Å². The molecule has 4 aromatic heterocycles. The monoisotopic (exact) mass is 317 g/mol. The van der Waals surface area contributed by atoms with Crippen molar-refractivity contribution in [3.05, 3.63) is 67.0 Å². The standard InChI is InChI=1S/C17H15N7/c1-2-14-16(19-7-1)22-12-24(14)15-6-11-21-17(23-15)20-10-5-13-3-8-18-9-4-13/h1-4,6-9,11-12H,5,10H2,(H,20,21,23). The Morgan fingerprint density at radius 1 is 0.917 bits per heavy atom. The Hall–Kier alpha value is -3.35. The van der Waals surface area contributed by atoms with Gasteiger partial charge in [0.25, 0.3) is 0 Å². The fraction of sp³-hybridized carbons (Fsp3) is 0.118. The Balaban J connectivity index is 1.51. The number of nitrogens with zero attached hydrogens (tertiary/aromatic N) is 6. The third-order valence-corrected chi connectivity index (χ3v) is 3.65. The van der Waals surface area contributed by atoms with Gasteiger partial charge in [-0.2, -0.15) is 4.98 Å². The van der Waals surface area contributed by atoms with Crippen LogP contribution in [-0.4, -0.2) is 36.0 Å². The number of imidazole rings is 1. The minimum absolute atomic E-state index is 0.590. The van der Waals surface area contributed by atoms with Gasteiger partial charge in [0.15, 0.2) is 5.65 Å². The van der Waals surface area contributed by atoms with E-state index in [1.807, 2.05) is 34.9 Å². The molecule has 0 fully saturated rings. The summed E-state index contributed by atoms with van der Waals surface area (Å²) in [6.07, 6.45) is 9.66. The lowest BCUT2D eigenvalue weighted by Gasteiger charge is -2.07. The van der Waals surface area contributed by atoms with Gasteiger partial charge in [-0.1, -0.05) is 0 Å². The van der Waals surface area contributed by atoms with Crippen molar-refractivity contribution in [3.8, 4) is 5.82 Å². The Morgan fingerprint density at radius 2 is 1.83 bits per heavy atom. The van der Waals surface area contributed by atoms with E-state index in [0.29, 0.717) is 11.6 Å². The van der Waals surface area contributed by atoms with Crippen molar-refractivity contribution in [2.75, 3.05) is 11.9 Å². The number of hydrogen-bond acceptors (Lipinski definition) is 6. The van der Waals surface area contributed by atoms with Crippen molar-refractivity contribution in [1.82, 2.24) is 29.5 Å². The van der Waals surface area contributed by atoms with Gasteiger partial charge in [0.2, 0.25) is 5.95 Å². The van der Waals surface area contributed by atoms with E-state index in [4.69, 9.17) is 0 Å². The molecular formula is C17H15N7. The predicted octanol–water partition coefficient (Wildman–Crippen LogP) is 2.26. The van der Waals surface area contributed by atoms with Gasteiger partial charge in [-0.15, -0.1) is 0 Å². The smallest absolute Gasteiger partial charge is 0.224 e. The van der Waals surface area contributed by atoms with E-state index in [2.05, 4.69) is 30.2 Å². The zero-order valence-corrected chi connectivity index (χ0v) is 12.9. The van der Waals surface area contributed by atoms with Crippen LogP contribution in [0.25, 0.3) is 17.0 Å². The maximum absolute atomic E-state index is 4.56. The predicted molar refractivity (Wildman–Crippen MR) is 90.9 cm³/mol. The van der Waals surface area contributed by atoms with Gasteiger partial charge in [0, 0.05) is 31.3 Å². The fourth-order valence-corrected chi connectivity index (χ4v) is 2.47. The molecule has 4 aromatic rings. The summed E-state index contributed by atoms with van der Waals surface area (Å²) in [5.74, 6) is 1.35. The molecule has 0 spiro atoms. The summed E-state index contributed by atoms with van der Waals surface area (Å²) in [7, 11) is 0. The number of aromatic nitrogens is 6. The minimum Gasteiger partial charge on any atom is -0.354 e. The molecule has 4 rings (SSSR count). The largest absolute Gasteiger partial charge is 0.354 e. The summed E-state index contributed by atoms with van der Waals surface area (Å²) in [5, 5.41) is 3.25. The molecule has 0 saturated heterocycles. The molecule has 0 aromatic carbocycles. The lowest BCUT2D eigenvalue weighted by atomic mass is 10.2. The summed E-state index contributed by atoms with van der Waals surface area (Å²) in [5.41, 5.74) is 2.84. The zero-order chi connectivity index (χ0) is 16.2. The number of nitrogens with one attached hydrogen (secondary N) is 1. The number of rotatable bonds is 5. The van der Waals surface area contributed by atoms with E-state index < -0.39 is 0 Å². The summed E-state index contributed by atoms with van der Waals surface area (Å²) in [4.78, 5) is 21.4. The number of pyridine rings is 2. The lowest BCUT2D eigenvalue weighted by Crippen LogP contribution is -2.09. The first-order chi connectivity index (χ1) is 11.9. The lowest BCUT2D eigenvalue weighted by molar-refractivity contribution is 0.951. The SMILES string of the molecule is c1cnc2ncn(-c3ccnc(NCCc4ccncc4)n3)c2c1. The van der Waals surface area contributed by atoms with E-state index in [-0.39, 0.29) is 0 Å². The van der Waals surface area contributed by atoms with Crippen molar-refractivity contribution in [3.63, 3.8) is 0 Å². The Kier molecular flexibility index (Phi) is 3.81. The molecule has 4 heterocycles. The fourth-order valence-electron chi connectivity index (χ4n) is 2.47. The first-order valence-electron chi connectivity index (χ1n) is 7.64. The van der Waals surface area contributed by atoms with Crippen LogP contribution in [0.5, 0.6) is 0 Å². The molecule has 0 atom stereocenters. The van der Waals surface area contributed by atoms with Crippen LogP contribution in [0, 0.1) is 0 Å². The Labute approximate surface area is 138 Å². The van der Waals surface area contributed by atoms with Gasteiger partial charge in [-0.25, -0.2) is 15.0 Å². The van der Waals surface area contributed by atoms with Crippen molar-refractivity contribution < 1.29 is 0 Å². The molecule has 0 bridgehead atoms. The number of anilines is 1. The maximum atomic E-state index is 4.56. The van der Waals surface area contributed by atoms with Gasteiger partial charge in [0.1, 0.15) is 12.1 Å². The Morgan fingerprint density at radius 3 is 2.75 bits per heavy atom. The van der Waals surface area contributed by atoms with E-state index in [1.165, 1.54) is 5.56 Å². The van der Waals surface area contributed by atoms with Crippen molar-refractivity contribution in [2.45, 2.75) is 6.42 Å². The van der Waals surface area contributed by atoms with Crippen LogP contribution in [0.3, 0.4) is 0 Å².